The van der Waals surface area contributed by atoms with Crippen LogP contribution in [0.15, 0.2) is 12.4 Å². The van der Waals surface area contributed by atoms with Gasteiger partial charge >= 0.3 is 0 Å². The van der Waals surface area contributed by atoms with Crippen LogP contribution in [0.25, 0.3) is 4.85 Å². The molecule has 1 unspecified atom stereocenters. The fraction of sp³-hybridized carbons (Fsp3) is 0.600. The van der Waals surface area contributed by atoms with Crippen molar-refractivity contribution in [2.24, 2.45) is 5.92 Å². The summed E-state index contributed by atoms with van der Waals surface area (Å²) in [6.07, 6.45) is 3.74. The van der Waals surface area contributed by atoms with Gasteiger partial charge in [0.05, 0.1) is 11.8 Å². The molecule has 0 N–H and O–H groups in total. The Morgan fingerprint density at radius 3 is 2.77 bits per heavy atom. The first-order chi connectivity index (χ1) is 6.13. The predicted molar refractivity (Wildman–Crippen MR) is 52.1 cm³/mol. The van der Waals surface area contributed by atoms with Crippen LogP contribution in [-0.4, -0.2) is 9.78 Å². The van der Waals surface area contributed by atoms with Crippen molar-refractivity contribution in [1.82, 2.24) is 9.78 Å². The molecule has 0 aliphatic rings. The van der Waals surface area contributed by atoms with Gasteiger partial charge in [0.15, 0.2) is 0 Å². The van der Waals surface area contributed by atoms with Gasteiger partial charge in [-0.3, -0.25) is 4.68 Å². The highest BCUT2D eigenvalue weighted by Gasteiger charge is 2.10. The lowest BCUT2D eigenvalue weighted by Gasteiger charge is -2.03. The number of hydrogen-bond donors (Lipinski definition) is 0. The summed E-state index contributed by atoms with van der Waals surface area (Å²) in [7, 11) is 0. The molecule has 0 aliphatic carbocycles. The maximum Gasteiger partial charge on any atom is 0.249 e. The Hall–Kier alpha value is -1.30. The van der Waals surface area contributed by atoms with Crippen molar-refractivity contribution in [1.29, 1.82) is 0 Å². The van der Waals surface area contributed by atoms with Gasteiger partial charge in [-0.15, -0.1) is 0 Å². The van der Waals surface area contributed by atoms with Gasteiger partial charge in [-0.1, -0.05) is 13.8 Å². The molecule has 0 spiro atoms. The van der Waals surface area contributed by atoms with Crippen molar-refractivity contribution in [2.75, 3.05) is 0 Å². The first-order valence-electron chi connectivity index (χ1n) is 4.52. The largest absolute Gasteiger partial charge is 0.309 e. The van der Waals surface area contributed by atoms with E-state index in [-0.39, 0.29) is 6.04 Å². The molecule has 0 fully saturated rings. The van der Waals surface area contributed by atoms with Gasteiger partial charge in [0.2, 0.25) is 6.04 Å². The summed E-state index contributed by atoms with van der Waals surface area (Å²) in [5.74, 6) is 0.594. The summed E-state index contributed by atoms with van der Waals surface area (Å²) >= 11 is 0. The van der Waals surface area contributed by atoms with E-state index in [1.807, 2.05) is 17.8 Å². The van der Waals surface area contributed by atoms with Crippen LogP contribution in [0.1, 0.15) is 32.4 Å². The maximum absolute atomic E-state index is 6.88. The molecule has 0 saturated heterocycles. The second kappa shape index (κ2) is 4.08. The van der Waals surface area contributed by atoms with Crippen LogP contribution in [0, 0.1) is 12.5 Å². The van der Waals surface area contributed by atoms with Crippen LogP contribution >= 0.6 is 0 Å². The minimum atomic E-state index is -0.0686. The van der Waals surface area contributed by atoms with Gasteiger partial charge in [0.25, 0.3) is 0 Å². The standard InChI is InChI=1S/C10H15N3/c1-8(2)6-13-7-10(5-12-13)9(3)11-4/h5,7-9H,6H2,1-3H3. The molecule has 0 bridgehead atoms. The van der Waals surface area contributed by atoms with E-state index >= 15 is 0 Å². The van der Waals surface area contributed by atoms with Gasteiger partial charge in [0.1, 0.15) is 0 Å². The molecule has 70 valence electrons. The fourth-order valence-electron chi connectivity index (χ4n) is 1.14. The highest BCUT2D eigenvalue weighted by Crippen LogP contribution is 2.15. The summed E-state index contributed by atoms with van der Waals surface area (Å²) in [6.45, 7) is 14.0. The Labute approximate surface area is 79.2 Å². The lowest BCUT2D eigenvalue weighted by Crippen LogP contribution is -2.04. The van der Waals surface area contributed by atoms with Crippen molar-refractivity contribution in [3.8, 4) is 0 Å². The lowest BCUT2D eigenvalue weighted by molar-refractivity contribution is 0.483. The van der Waals surface area contributed by atoms with Crippen LogP contribution in [0.5, 0.6) is 0 Å². The normalized spacial score (nSPS) is 12.8. The fourth-order valence-corrected chi connectivity index (χ4v) is 1.14. The molecule has 13 heavy (non-hydrogen) atoms. The predicted octanol–water partition coefficient (Wildman–Crippen LogP) is 2.52. The van der Waals surface area contributed by atoms with Gasteiger partial charge in [0, 0.05) is 19.7 Å². The molecule has 0 aromatic carbocycles. The SMILES string of the molecule is [C-]#[N+]C(C)c1cnn(CC(C)C)c1. The maximum atomic E-state index is 6.88. The molecule has 0 amide bonds. The summed E-state index contributed by atoms with van der Waals surface area (Å²) in [6, 6.07) is -0.0686. The molecule has 0 aliphatic heterocycles. The van der Waals surface area contributed by atoms with Crippen LogP contribution < -0.4 is 0 Å². The Balaban J connectivity index is 2.70. The summed E-state index contributed by atoms with van der Waals surface area (Å²) in [5, 5.41) is 4.20. The van der Waals surface area contributed by atoms with Crippen molar-refractivity contribution < 1.29 is 0 Å². The van der Waals surface area contributed by atoms with Gasteiger partial charge in [-0.05, 0) is 5.92 Å². The molecule has 1 heterocycles. The highest BCUT2D eigenvalue weighted by molar-refractivity contribution is 5.12. The minimum absolute atomic E-state index is 0.0686. The van der Waals surface area contributed by atoms with Crippen LogP contribution in [0.2, 0.25) is 0 Å². The molecule has 0 saturated carbocycles. The summed E-state index contributed by atoms with van der Waals surface area (Å²) < 4.78 is 1.90. The lowest BCUT2D eigenvalue weighted by atomic mass is 10.2. The Bertz CT molecular complexity index is 306. The zero-order chi connectivity index (χ0) is 9.84. The molecule has 3 heteroatoms. The van der Waals surface area contributed by atoms with Crippen molar-refractivity contribution in [3.63, 3.8) is 0 Å². The molecule has 1 aromatic rings. The van der Waals surface area contributed by atoms with Crippen LogP contribution in [-0.2, 0) is 6.54 Å². The molecular formula is C10H15N3. The van der Waals surface area contributed by atoms with E-state index in [0.29, 0.717) is 5.92 Å². The average molecular weight is 177 g/mol. The third-order valence-corrected chi connectivity index (χ3v) is 1.88. The topological polar surface area (TPSA) is 22.2 Å². The highest BCUT2D eigenvalue weighted by atomic mass is 15.3. The molecular weight excluding hydrogens is 162 g/mol. The Kier molecular flexibility index (Phi) is 3.07. The van der Waals surface area contributed by atoms with Gasteiger partial charge < -0.3 is 4.85 Å². The molecule has 1 aromatic heterocycles. The van der Waals surface area contributed by atoms with Crippen molar-refractivity contribution >= 4 is 0 Å². The van der Waals surface area contributed by atoms with E-state index in [1.165, 1.54) is 0 Å². The molecule has 1 rings (SSSR count). The van der Waals surface area contributed by atoms with E-state index in [0.717, 1.165) is 12.1 Å². The van der Waals surface area contributed by atoms with E-state index in [2.05, 4.69) is 23.8 Å². The van der Waals surface area contributed by atoms with E-state index in [4.69, 9.17) is 6.57 Å². The third kappa shape index (κ3) is 2.59. The van der Waals surface area contributed by atoms with E-state index < -0.39 is 0 Å². The Morgan fingerprint density at radius 2 is 2.23 bits per heavy atom. The van der Waals surface area contributed by atoms with Crippen LogP contribution in [0.3, 0.4) is 0 Å². The van der Waals surface area contributed by atoms with Crippen LogP contribution in [0.4, 0.5) is 0 Å². The first-order valence-corrected chi connectivity index (χ1v) is 4.52. The smallest absolute Gasteiger partial charge is 0.249 e. The van der Waals surface area contributed by atoms with Gasteiger partial charge in [-0.2, -0.15) is 5.10 Å². The zero-order valence-electron chi connectivity index (χ0n) is 8.36. The quantitative estimate of drug-likeness (QED) is 0.650. The second-order valence-corrected chi connectivity index (χ2v) is 3.69. The summed E-state index contributed by atoms with van der Waals surface area (Å²) in [5.41, 5.74) is 1.01. The van der Waals surface area contributed by atoms with E-state index in [1.54, 1.807) is 6.20 Å². The molecule has 0 radical (unpaired) electrons. The third-order valence-electron chi connectivity index (χ3n) is 1.88. The Morgan fingerprint density at radius 1 is 1.54 bits per heavy atom. The number of rotatable bonds is 3. The van der Waals surface area contributed by atoms with Crippen molar-refractivity contribution in [3.05, 3.63) is 29.4 Å². The number of hydrogen-bond acceptors (Lipinski definition) is 1. The second-order valence-electron chi connectivity index (χ2n) is 3.69. The number of nitrogens with zero attached hydrogens (tertiary/aromatic N) is 3. The molecule has 1 atom stereocenters. The van der Waals surface area contributed by atoms with Crippen molar-refractivity contribution in [2.45, 2.75) is 33.4 Å². The monoisotopic (exact) mass is 177 g/mol. The summed E-state index contributed by atoms with van der Waals surface area (Å²) in [4.78, 5) is 3.45. The van der Waals surface area contributed by atoms with E-state index in [9.17, 15) is 0 Å². The zero-order valence-corrected chi connectivity index (χ0v) is 8.36. The number of aromatic nitrogens is 2. The minimum Gasteiger partial charge on any atom is -0.309 e. The first kappa shape index (κ1) is 9.79. The van der Waals surface area contributed by atoms with Gasteiger partial charge in [-0.25, -0.2) is 6.57 Å². The molecule has 3 nitrogen and oxygen atoms in total. The average Bonchev–Trinajstić information content (AvgIpc) is 2.50.